The highest BCUT2D eigenvalue weighted by molar-refractivity contribution is 5.83. The molecule has 0 saturated carbocycles. The summed E-state index contributed by atoms with van der Waals surface area (Å²) in [6.07, 6.45) is 2.59. The van der Waals surface area contributed by atoms with E-state index >= 15 is 0 Å². The molecule has 7 heteroatoms. The third kappa shape index (κ3) is 5.98. The highest BCUT2D eigenvalue weighted by Gasteiger charge is 2.18. The molecule has 39 heavy (non-hydrogen) atoms. The Morgan fingerprint density at radius 1 is 1.00 bits per heavy atom. The van der Waals surface area contributed by atoms with Crippen molar-refractivity contribution in [3.05, 3.63) is 81.6 Å². The van der Waals surface area contributed by atoms with Crippen LogP contribution in [0.15, 0.2) is 64.5 Å². The average molecular weight is 528 g/mol. The first-order valence-corrected chi connectivity index (χ1v) is 13.5. The van der Waals surface area contributed by atoms with Crippen molar-refractivity contribution in [1.29, 1.82) is 0 Å². The Morgan fingerprint density at radius 3 is 2.46 bits per heavy atom. The summed E-state index contributed by atoms with van der Waals surface area (Å²) in [6.45, 7) is 12.9. The molecule has 0 radical (unpaired) electrons. The molecule has 0 unspecified atom stereocenters. The number of nitrogens with zero attached hydrogens (tertiary/aromatic N) is 3. The van der Waals surface area contributed by atoms with E-state index in [0.29, 0.717) is 34.8 Å². The topological polar surface area (TPSA) is 74.9 Å². The van der Waals surface area contributed by atoms with Crippen molar-refractivity contribution < 1.29 is 14.2 Å². The predicted molar refractivity (Wildman–Crippen MR) is 158 cm³/mol. The molecule has 3 aromatic carbocycles. The van der Waals surface area contributed by atoms with Crippen LogP contribution in [0.2, 0.25) is 0 Å². The predicted octanol–water partition coefficient (Wildman–Crippen LogP) is 6.96. The van der Waals surface area contributed by atoms with E-state index in [0.717, 1.165) is 34.4 Å². The molecule has 4 rings (SSSR count). The third-order valence-corrected chi connectivity index (χ3v) is 6.69. The molecule has 0 aliphatic carbocycles. The lowest BCUT2D eigenvalue weighted by Gasteiger charge is -2.18. The molecule has 0 amide bonds. The van der Waals surface area contributed by atoms with Crippen LogP contribution in [0.25, 0.3) is 22.3 Å². The molecule has 0 saturated heterocycles. The lowest BCUT2D eigenvalue weighted by atomic mass is 9.96. The molecule has 1 atom stereocenters. The van der Waals surface area contributed by atoms with Crippen LogP contribution in [0.1, 0.15) is 63.6 Å². The van der Waals surface area contributed by atoms with Gasteiger partial charge in [0.25, 0.3) is 5.56 Å². The summed E-state index contributed by atoms with van der Waals surface area (Å²) in [5, 5.41) is 5.15. The van der Waals surface area contributed by atoms with Gasteiger partial charge in [-0.1, -0.05) is 32.9 Å². The second kappa shape index (κ2) is 12.2. The Morgan fingerprint density at radius 2 is 1.77 bits per heavy atom. The van der Waals surface area contributed by atoms with Crippen molar-refractivity contribution in [1.82, 2.24) is 9.66 Å². The smallest absolute Gasteiger partial charge is 0.282 e. The fourth-order valence-electron chi connectivity index (χ4n) is 4.36. The summed E-state index contributed by atoms with van der Waals surface area (Å²) >= 11 is 0. The number of para-hydroxylation sites is 1. The minimum atomic E-state index is -0.241. The maximum absolute atomic E-state index is 13.7. The minimum Gasteiger partial charge on any atom is -0.494 e. The number of ether oxygens (including phenoxy) is 3. The molecule has 0 spiro atoms. The molecule has 4 aromatic rings. The van der Waals surface area contributed by atoms with Crippen molar-refractivity contribution in [2.24, 2.45) is 5.10 Å². The van der Waals surface area contributed by atoms with Crippen molar-refractivity contribution in [3.8, 4) is 28.6 Å². The summed E-state index contributed by atoms with van der Waals surface area (Å²) in [4.78, 5) is 18.6. The molecule has 0 N–H and O–H groups in total. The molecule has 0 aliphatic heterocycles. The number of fused-ring (bicyclic) bond motifs is 1. The first-order chi connectivity index (χ1) is 18.8. The van der Waals surface area contributed by atoms with E-state index in [9.17, 15) is 4.79 Å². The summed E-state index contributed by atoms with van der Waals surface area (Å²) in [5.41, 5.74) is 3.98. The van der Waals surface area contributed by atoms with Crippen molar-refractivity contribution in [2.75, 3.05) is 13.7 Å². The second-order valence-electron chi connectivity index (χ2n) is 9.85. The van der Waals surface area contributed by atoms with Gasteiger partial charge in [0.2, 0.25) is 0 Å². The van der Waals surface area contributed by atoms with E-state index in [1.165, 1.54) is 4.68 Å². The zero-order valence-electron chi connectivity index (χ0n) is 23.8. The number of rotatable bonds is 10. The van der Waals surface area contributed by atoms with E-state index in [2.05, 4.69) is 31.9 Å². The Hall–Kier alpha value is -4.13. The summed E-state index contributed by atoms with van der Waals surface area (Å²) in [6, 6.07) is 17.0. The van der Waals surface area contributed by atoms with Gasteiger partial charge in [-0.25, -0.2) is 4.98 Å². The van der Waals surface area contributed by atoms with Gasteiger partial charge in [0.15, 0.2) is 17.3 Å². The molecule has 0 aliphatic rings. The Balaban J connectivity index is 1.88. The van der Waals surface area contributed by atoms with Gasteiger partial charge in [-0.2, -0.15) is 9.78 Å². The second-order valence-corrected chi connectivity index (χ2v) is 9.85. The van der Waals surface area contributed by atoms with Gasteiger partial charge >= 0.3 is 0 Å². The van der Waals surface area contributed by atoms with Crippen LogP contribution in [-0.2, 0) is 0 Å². The number of aryl methyl sites for hydroxylation is 1. The summed E-state index contributed by atoms with van der Waals surface area (Å²) < 4.78 is 18.8. The highest BCUT2D eigenvalue weighted by atomic mass is 16.5. The van der Waals surface area contributed by atoms with Gasteiger partial charge in [-0.3, -0.25) is 4.79 Å². The standard InChI is InChI=1S/C32H37N3O4/c1-8-22(6)39-28-15-14-23(17-30(28)37-7)19-33-35-31(34-27-13-11-10-12-24(27)32(35)36)26-18-25(20(3)4)29(38-9-2)16-21(26)5/h10-20,22H,8-9H2,1-7H3/t22-/m0/s1. The SMILES string of the molecule is CCOc1cc(C)c(-c2nc3ccccc3c(=O)n2N=Cc2ccc(O[C@@H](C)CC)c(OC)c2)cc1C(C)C. The van der Waals surface area contributed by atoms with Gasteiger partial charge < -0.3 is 14.2 Å². The number of benzene rings is 3. The lowest BCUT2D eigenvalue weighted by molar-refractivity contribution is 0.207. The Kier molecular flexibility index (Phi) is 8.69. The van der Waals surface area contributed by atoms with Crippen molar-refractivity contribution >= 4 is 17.1 Å². The largest absolute Gasteiger partial charge is 0.494 e. The summed E-state index contributed by atoms with van der Waals surface area (Å²) in [7, 11) is 1.61. The van der Waals surface area contributed by atoms with Crippen molar-refractivity contribution in [3.63, 3.8) is 0 Å². The van der Waals surface area contributed by atoms with Crippen LogP contribution in [0, 0.1) is 6.92 Å². The average Bonchev–Trinajstić information content (AvgIpc) is 2.93. The molecular formula is C32H37N3O4. The highest BCUT2D eigenvalue weighted by Crippen LogP contribution is 2.34. The first-order valence-electron chi connectivity index (χ1n) is 13.5. The van der Waals surface area contributed by atoms with Crippen LogP contribution < -0.4 is 19.8 Å². The van der Waals surface area contributed by atoms with E-state index in [1.54, 1.807) is 19.4 Å². The molecule has 1 aromatic heterocycles. The van der Waals surface area contributed by atoms with E-state index in [-0.39, 0.29) is 17.6 Å². The van der Waals surface area contributed by atoms with Gasteiger partial charge in [0.05, 0.1) is 36.9 Å². The van der Waals surface area contributed by atoms with Crippen LogP contribution in [0.3, 0.4) is 0 Å². The number of methoxy groups -OCH3 is 1. The molecule has 0 fully saturated rings. The quantitative estimate of drug-likeness (QED) is 0.208. The third-order valence-electron chi connectivity index (χ3n) is 6.69. The monoisotopic (exact) mass is 527 g/mol. The lowest BCUT2D eigenvalue weighted by Crippen LogP contribution is -2.21. The molecular weight excluding hydrogens is 490 g/mol. The normalized spacial score (nSPS) is 12.3. The zero-order valence-corrected chi connectivity index (χ0v) is 23.8. The van der Waals surface area contributed by atoms with Gasteiger partial charge in [0, 0.05) is 5.56 Å². The van der Waals surface area contributed by atoms with E-state index < -0.39 is 0 Å². The summed E-state index contributed by atoms with van der Waals surface area (Å²) in [5.74, 6) is 2.81. The number of hydrogen-bond donors (Lipinski definition) is 0. The minimum absolute atomic E-state index is 0.0660. The Labute approximate surface area is 230 Å². The van der Waals surface area contributed by atoms with Crippen molar-refractivity contribution in [2.45, 2.75) is 60.0 Å². The van der Waals surface area contributed by atoms with Crippen LogP contribution in [0.5, 0.6) is 17.2 Å². The number of aromatic nitrogens is 2. The van der Waals surface area contributed by atoms with Gasteiger partial charge in [0.1, 0.15) is 5.75 Å². The molecule has 7 nitrogen and oxygen atoms in total. The maximum atomic E-state index is 13.7. The van der Waals surface area contributed by atoms with Crippen LogP contribution in [0.4, 0.5) is 0 Å². The van der Waals surface area contributed by atoms with Crippen LogP contribution >= 0.6 is 0 Å². The maximum Gasteiger partial charge on any atom is 0.282 e. The van der Waals surface area contributed by atoms with Gasteiger partial charge in [-0.15, -0.1) is 0 Å². The van der Waals surface area contributed by atoms with E-state index in [4.69, 9.17) is 19.2 Å². The fraction of sp³-hybridized carbons (Fsp3) is 0.344. The first kappa shape index (κ1) is 27.9. The zero-order chi connectivity index (χ0) is 28.1. The van der Waals surface area contributed by atoms with Gasteiger partial charge in [-0.05, 0) is 92.3 Å². The van der Waals surface area contributed by atoms with Crippen LogP contribution in [-0.4, -0.2) is 35.7 Å². The molecule has 0 bridgehead atoms. The number of hydrogen-bond acceptors (Lipinski definition) is 6. The Bertz CT molecular complexity index is 1560. The van der Waals surface area contributed by atoms with E-state index in [1.807, 2.05) is 63.2 Å². The molecule has 204 valence electrons. The molecule has 1 heterocycles. The fourth-order valence-corrected chi connectivity index (χ4v) is 4.36.